The van der Waals surface area contributed by atoms with E-state index < -0.39 is 0 Å². The second kappa shape index (κ2) is 9.20. The molecule has 4 nitrogen and oxygen atoms in total. The fourth-order valence-corrected chi connectivity index (χ4v) is 1.94. The number of hydrazone groups is 1. The number of nitrogens with two attached hydrogens (primary N) is 1. The van der Waals surface area contributed by atoms with Gasteiger partial charge in [-0.15, -0.1) is 12.4 Å². The quantitative estimate of drug-likeness (QED) is 0.426. The molecule has 0 saturated carbocycles. The van der Waals surface area contributed by atoms with Crippen molar-refractivity contribution < 1.29 is 0 Å². The number of nitrogens with zero attached hydrogens (tertiary/aromatic N) is 1. The lowest BCUT2D eigenvalue weighted by atomic mass is 10.1. The van der Waals surface area contributed by atoms with Gasteiger partial charge in [-0.3, -0.25) is 5.41 Å². The highest BCUT2D eigenvalue weighted by Crippen LogP contribution is 2.13. The number of benzene rings is 2. The van der Waals surface area contributed by atoms with Crippen molar-refractivity contribution in [1.29, 1.82) is 5.41 Å². The van der Waals surface area contributed by atoms with Gasteiger partial charge in [0.25, 0.3) is 0 Å². The maximum Gasteiger partial charge on any atom is 0.206 e. The van der Waals surface area contributed by atoms with Crippen molar-refractivity contribution in [3.63, 3.8) is 0 Å². The fourth-order valence-electron chi connectivity index (χ4n) is 1.69. The second-order valence-electron chi connectivity index (χ2n) is 4.41. The maximum absolute atomic E-state index is 7.20. The van der Waals surface area contributed by atoms with Crippen molar-refractivity contribution in [2.45, 2.75) is 0 Å². The van der Waals surface area contributed by atoms with E-state index in [4.69, 9.17) is 34.3 Å². The van der Waals surface area contributed by atoms with Gasteiger partial charge >= 0.3 is 0 Å². The molecule has 120 valence electrons. The van der Waals surface area contributed by atoms with Gasteiger partial charge in [-0.05, 0) is 35.9 Å². The lowest BCUT2D eigenvalue weighted by Crippen LogP contribution is -2.26. The molecular formula is C16H15Cl3N4. The van der Waals surface area contributed by atoms with Crippen molar-refractivity contribution in [2.24, 2.45) is 10.8 Å². The molecule has 0 unspecified atom stereocenters. The van der Waals surface area contributed by atoms with Crippen molar-refractivity contribution in [3.05, 3.63) is 75.8 Å². The minimum Gasteiger partial charge on any atom is -0.369 e. The molecule has 0 radical (unpaired) electrons. The molecule has 0 aliphatic heterocycles. The molecule has 7 heteroatoms. The van der Waals surface area contributed by atoms with E-state index in [2.05, 4.69) is 10.5 Å². The summed E-state index contributed by atoms with van der Waals surface area (Å²) >= 11 is 11.8. The largest absolute Gasteiger partial charge is 0.369 e. The molecular weight excluding hydrogens is 355 g/mol. The zero-order valence-corrected chi connectivity index (χ0v) is 14.3. The van der Waals surface area contributed by atoms with Crippen LogP contribution < -0.4 is 11.2 Å². The Morgan fingerprint density at radius 2 is 1.52 bits per heavy atom. The molecule has 0 aromatic heterocycles. The van der Waals surface area contributed by atoms with E-state index in [1.54, 1.807) is 12.1 Å². The van der Waals surface area contributed by atoms with Gasteiger partial charge in [0.1, 0.15) is 0 Å². The molecule has 4 N–H and O–H groups in total. The summed E-state index contributed by atoms with van der Waals surface area (Å²) in [5, 5.41) is 12.6. The van der Waals surface area contributed by atoms with E-state index in [0.717, 1.165) is 11.1 Å². The predicted octanol–water partition coefficient (Wildman–Crippen LogP) is 4.32. The van der Waals surface area contributed by atoms with Crippen LogP contribution in [0.1, 0.15) is 11.1 Å². The normalized spacial score (nSPS) is 11.1. The number of hydrogen-bond acceptors (Lipinski definition) is 2. The first-order chi connectivity index (χ1) is 10.5. The third-order valence-electron chi connectivity index (χ3n) is 2.74. The minimum absolute atomic E-state index is 0. The van der Waals surface area contributed by atoms with Crippen LogP contribution in [0.25, 0.3) is 6.08 Å². The second-order valence-corrected chi connectivity index (χ2v) is 5.29. The molecule has 23 heavy (non-hydrogen) atoms. The van der Waals surface area contributed by atoms with Gasteiger partial charge in [-0.1, -0.05) is 53.5 Å². The van der Waals surface area contributed by atoms with Gasteiger partial charge in [-0.2, -0.15) is 5.10 Å². The zero-order chi connectivity index (χ0) is 15.9. The first-order valence-electron chi connectivity index (χ1n) is 6.42. The highest BCUT2D eigenvalue weighted by molar-refractivity contribution is 6.31. The standard InChI is InChI=1S/C16H14Cl2N4.ClH/c17-13-6-1-11(2-7-13)3-10-15(21-22-16(19)20)12-4-8-14(18)9-5-12;/h1-10H,(H4,19,20,22);1H. The van der Waals surface area contributed by atoms with Crippen LogP contribution in [0.4, 0.5) is 0 Å². The van der Waals surface area contributed by atoms with Crippen molar-refractivity contribution >= 4 is 53.4 Å². The van der Waals surface area contributed by atoms with E-state index in [-0.39, 0.29) is 18.4 Å². The number of rotatable bonds is 4. The summed E-state index contributed by atoms with van der Waals surface area (Å²) in [6.07, 6.45) is 3.72. The highest BCUT2D eigenvalue weighted by atomic mass is 35.5. The van der Waals surface area contributed by atoms with E-state index in [0.29, 0.717) is 15.8 Å². The molecule has 0 atom stereocenters. The monoisotopic (exact) mass is 368 g/mol. The van der Waals surface area contributed by atoms with Crippen LogP contribution in [0, 0.1) is 5.41 Å². The molecule has 0 spiro atoms. The Balaban J connectivity index is 0.00000264. The maximum atomic E-state index is 7.20. The van der Waals surface area contributed by atoms with E-state index >= 15 is 0 Å². The van der Waals surface area contributed by atoms with Gasteiger partial charge < -0.3 is 5.73 Å². The first-order valence-corrected chi connectivity index (χ1v) is 7.17. The average Bonchev–Trinajstić information content (AvgIpc) is 2.50. The lowest BCUT2D eigenvalue weighted by Gasteiger charge is -2.03. The molecule has 2 aromatic rings. The number of halogens is 3. The summed E-state index contributed by atoms with van der Waals surface area (Å²) in [5.74, 6) is -0.230. The number of hydrogen-bond donors (Lipinski definition) is 3. The van der Waals surface area contributed by atoms with Gasteiger partial charge in [0, 0.05) is 15.6 Å². The van der Waals surface area contributed by atoms with Crippen LogP contribution in [-0.2, 0) is 0 Å². The molecule has 0 fully saturated rings. The molecule has 2 rings (SSSR count). The fraction of sp³-hybridized carbons (Fsp3) is 0. The van der Waals surface area contributed by atoms with Gasteiger partial charge in [0.05, 0.1) is 5.71 Å². The van der Waals surface area contributed by atoms with Crippen LogP contribution in [0.5, 0.6) is 0 Å². The third-order valence-corrected chi connectivity index (χ3v) is 3.24. The number of guanidine groups is 1. The van der Waals surface area contributed by atoms with E-state index in [1.165, 1.54) is 0 Å². The number of allylic oxidation sites excluding steroid dienone is 1. The Morgan fingerprint density at radius 3 is 2.04 bits per heavy atom. The van der Waals surface area contributed by atoms with Crippen LogP contribution in [-0.4, -0.2) is 11.7 Å². The molecule has 0 amide bonds. The molecule has 0 bridgehead atoms. The molecule has 0 aliphatic carbocycles. The van der Waals surface area contributed by atoms with Gasteiger partial charge in [0.15, 0.2) is 0 Å². The minimum atomic E-state index is -0.230. The summed E-state index contributed by atoms with van der Waals surface area (Å²) in [7, 11) is 0. The Hall–Kier alpha value is -2.01. The summed E-state index contributed by atoms with van der Waals surface area (Å²) < 4.78 is 0. The topological polar surface area (TPSA) is 74.3 Å². The summed E-state index contributed by atoms with van der Waals surface area (Å²) in [5.41, 5.74) is 10.2. The zero-order valence-electron chi connectivity index (χ0n) is 12.0. The van der Waals surface area contributed by atoms with E-state index in [1.807, 2.05) is 48.6 Å². The summed E-state index contributed by atoms with van der Waals surface area (Å²) in [6, 6.07) is 14.7. The SMILES string of the molecule is Cl.N=C(N)NN=C(C=Cc1ccc(Cl)cc1)c1ccc(Cl)cc1. The molecule has 0 heterocycles. The number of nitrogens with one attached hydrogen (secondary N) is 2. The van der Waals surface area contributed by atoms with Crippen LogP contribution >= 0.6 is 35.6 Å². The average molecular weight is 370 g/mol. The predicted molar refractivity (Wildman–Crippen MR) is 101 cm³/mol. The molecule has 0 saturated heterocycles. The molecule has 2 aromatic carbocycles. The third kappa shape index (κ3) is 6.32. The van der Waals surface area contributed by atoms with Crippen LogP contribution in [0.3, 0.4) is 0 Å². The van der Waals surface area contributed by atoms with Crippen LogP contribution in [0.15, 0.2) is 59.7 Å². The summed E-state index contributed by atoms with van der Waals surface area (Å²) in [6.45, 7) is 0. The van der Waals surface area contributed by atoms with Gasteiger partial charge in [-0.25, -0.2) is 5.43 Å². The van der Waals surface area contributed by atoms with Crippen molar-refractivity contribution in [3.8, 4) is 0 Å². The van der Waals surface area contributed by atoms with Crippen molar-refractivity contribution in [2.75, 3.05) is 0 Å². The molecule has 0 aliphatic rings. The summed E-state index contributed by atoms with van der Waals surface area (Å²) in [4.78, 5) is 0. The lowest BCUT2D eigenvalue weighted by molar-refractivity contribution is 0.996. The first kappa shape index (κ1) is 19.0. The van der Waals surface area contributed by atoms with Gasteiger partial charge in [0.2, 0.25) is 5.96 Å². The van der Waals surface area contributed by atoms with E-state index in [9.17, 15) is 0 Å². The van der Waals surface area contributed by atoms with Crippen molar-refractivity contribution in [1.82, 2.24) is 5.43 Å². The Kier molecular flexibility index (Phi) is 7.62. The highest BCUT2D eigenvalue weighted by Gasteiger charge is 2.01. The Labute approximate surface area is 150 Å². The van der Waals surface area contributed by atoms with Crippen LogP contribution in [0.2, 0.25) is 10.0 Å². The smallest absolute Gasteiger partial charge is 0.206 e. The Bertz CT molecular complexity index is 707. The Morgan fingerprint density at radius 1 is 1.00 bits per heavy atom.